The Bertz CT molecular complexity index is 549. The molecule has 4 rings (SSSR count). The average molecular weight is 284 g/mol. The predicted molar refractivity (Wildman–Crippen MR) is 86.8 cm³/mol. The molecule has 1 nitrogen and oxygen atoms in total. The minimum absolute atomic E-state index is 0.643. The van der Waals surface area contributed by atoms with Crippen LogP contribution in [0.3, 0.4) is 0 Å². The highest BCUT2D eigenvalue weighted by atomic mass is 16.5. The maximum atomic E-state index is 5.42. The van der Waals surface area contributed by atoms with E-state index in [4.69, 9.17) is 4.74 Å². The van der Waals surface area contributed by atoms with Gasteiger partial charge in [-0.3, -0.25) is 0 Å². The van der Waals surface area contributed by atoms with E-state index in [2.05, 4.69) is 32.0 Å². The van der Waals surface area contributed by atoms with Crippen LogP contribution in [0.1, 0.15) is 63.0 Å². The third-order valence-corrected chi connectivity index (χ3v) is 6.92. The summed E-state index contributed by atoms with van der Waals surface area (Å²) in [4.78, 5) is 0. The van der Waals surface area contributed by atoms with Crippen LogP contribution in [0.4, 0.5) is 0 Å². The normalized spacial score (nSPS) is 41.1. The van der Waals surface area contributed by atoms with Crippen LogP contribution < -0.4 is 4.74 Å². The summed E-state index contributed by atoms with van der Waals surface area (Å²) in [6, 6.07) is 6.83. The first-order valence-electron chi connectivity index (χ1n) is 8.77. The second-order valence-corrected chi connectivity index (χ2v) is 8.22. The Morgan fingerprint density at radius 2 is 2.10 bits per heavy atom. The highest BCUT2D eigenvalue weighted by Gasteiger charge is 2.51. The molecule has 0 aliphatic heterocycles. The Kier molecular flexibility index (Phi) is 3.10. The van der Waals surface area contributed by atoms with Crippen LogP contribution in [-0.4, -0.2) is 7.11 Å². The maximum absolute atomic E-state index is 5.42. The van der Waals surface area contributed by atoms with Crippen LogP contribution in [0.5, 0.6) is 5.75 Å². The number of aryl methyl sites for hydroxylation is 1. The zero-order valence-corrected chi connectivity index (χ0v) is 13.7. The molecule has 0 N–H and O–H groups in total. The summed E-state index contributed by atoms with van der Waals surface area (Å²) in [5.74, 6) is 4.71. The van der Waals surface area contributed by atoms with Crippen LogP contribution in [0.2, 0.25) is 0 Å². The van der Waals surface area contributed by atoms with Crippen LogP contribution in [0.25, 0.3) is 0 Å². The fraction of sp³-hybridized carbons (Fsp3) is 0.700. The van der Waals surface area contributed by atoms with E-state index in [0.717, 1.165) is 29.4 Å². The number of rotatable bonds is 1. The van der Waals surface area contributed by atoms with E-state index in [1.807, 2.05) is 0 Å². The zero-order chi connectivity index (χ0) is 14.6. The van der Waals surface area contributed by atoms with Crippen molar-refractivity contribution in [1.82, 2.24) is 0 Å². The molecule has 5 unspecified atom stereocenters. The highest BCUT2D eigenvalue weighted by Crippen LogP contribution is 2.62. The predicted octanol–water partition coefficient (Wildman–Crippen LogP) is 5.19. The lowest BCUT2D eigenvalue weighted by Crippen LogP contribution is -2.39. The van der Waals surface area contributed by atoms with E-state index in [9.17, 15) is 0 Å². The summed E-state index contributed by atoms with van der Waals surface area (Å²) in [5, 5.41) is 0. The van der Waals surface area contributed by atoms with Gasteiger partial charge in [-0.2, -0.15) is 0 Å². The van der Waals surface area contributed by atoms with E-state index >= 15 is 0 Å². The number of hydrogen-bond donors (Lipinski definition) is 0. The summed E-state index contributed by atoms with van der Waals surface area (Å²) >= 11 is 0. The van der Waals surface area contributed by atoms with Crippen molar-refractivity contribution in [2.24, 2.45) is 23.2 Å². The van der Waals surface area contributed by atoms with Gasteiger partial charge < -0.3 is 4.74 Å². The molecule has 2 saturated carbocycles. The van der Waals surface area contributed by atoms with Crippen molar-refractivity contribution >= 4 is 0 Å². The van der Waals surface area contributed by atoms with Gasteiger partial charge in [-0.25, -0.2) is 0 Å². The molecule has 0 spiro atoms. The number of methoxy groups -OCH3 is 1. The van der Waals surface area contributed by atoms with Crippen molar-refractivity contribution in [3.05, 3.63) is 29.3 Å². The van der Waals surface area contributed by atoms with Gasteiger partial charge in [-0.1, -0.05) is 19.9 Å². The van der Waals surface area contributed by atoms with Crippen LogP contribution in [-0.2, 0) is 6.42 Å². The van der Waals surface area contributed by atoms with E-state index < -0.39 is 0 Å². The van der Waals surface area contributed by atoms with E-state index in [1.165, 1.54) is 38.5 Å². The third kappa shape index (κ3) is 2.04. The molecule has 2 fully saturated rings. The Balaban J connectivity index is 1.68. The zero-order valence-electron chi connectivity index (χ0n) is 13.7. The topological polar surface area (TPSA) is 9.23 Å². The van der Waals surface area contributed by atoms with E-state index in [1.54, 1.807) is 18.2 Å². The van der Waals surface area contributed by atoms with Gasteiger partial charge in [-0.05, 0) is 90.9 Å². The van der Waals surface area contributed by atoms with Crippen molar-refractivity contribution in [2.45, 2.75) is 58.3 Å². The van der Waals surface area contributed by atoms with Crippen molar-refractivity contribution < 1.29 is 4.74 Å². The third-order valence-electron chi connectivity index (χ3n) is 6.92. The largest absolute Gasteiger partial charge is 0.497 e. The Labute approximate surface area is 129 Å². The summed E-state index contributed by atoms with van der Waals surface area (Å²) < 4.78 is 5.42. The monoisotopic (exact) mass is 284 g/mol. The molecular weight excluding hydrogens is 256 g/mol. The van der Waals surface area contributed by atoms with Gasteiger partial charge in [0.15, 0.2) is 0 Å². The Hall–Kier alpha value is -0.980. The molecule has 0 radical (unpaired) electrons. The van der Waals surface area contributed by atoms with Gasteiger partial charge in [0.1, 0.15) is 5.75 Å². The number of ether oxygens (including phenoxy) is 1. The Morgan fingerprint density at radius 1 is 1.24 bits per heavy atom. The second-order valence-electron chi connectivity index (χ2n) is 8.22. The number of benzene rings is 1. The van der Waals surface area contributed by atoms with E-state index in [0.29, 0.717) is 5.41 Å². The highest BCUT2D eigenvalue weighted by molar-refractivity contribution is 5.40. The molecule has 0 aromatic heterocycles. The van der Waals surface area contributed by atoms with E-state index in [-0.39, 0.29) is 0 Å². The molecule has 0 saturated heterocycles. The minimum atomic E-state index is 0.643. The first kappa shape index (κ1) is 13.7. The van der Waals surface area contributed by atoms with Gasteiger partial charge in [0.2, 0.25) is 0 Å². The second kappa shape index (κ2) is 4.76. The quantitative estimate of drug-likeness (QED) is 0.690. The van der Waals surface area contributed by atoms with Crippen LogP contribution >= 0.6 is 0 Å². The van der Waals surface area contributed by atoms with Gasteiger partial charge >= 0.3 is 0 Å². The smallest absolute Gasteiger partial charge is 0.119 e. The van der Waals surface area contributed by atoms with Gasteiger partial charge in [0.25, 0.3) is 0 Å². The molecule has 0 heterocycles. The standard InChI is InChI=1S/C20H28O/c1-13-10-19-18-6-4-14-11-15(21-3)5-7-16(14)17(18)8-9-20(19,2)12-13/h5,7,11,13,17-19H,4,6,8-10,12H2,1-3H3. The lowest BCUT2D eigenvalue weighted by Gasteiger charge is -2.49. The number of fused-ring (bicyclic) bond motifs is 5. The van der Waals surface area contributed by atoms with Crippen molar-refractivity contribution in [3.8, 4) is 5.75 Å². The molecule has 0 bridgehead atoms. The molecule has 0 amide bonds. The molecule has 114 valence electrons. The SMILES string of the molecule is COc1ccc2c(c1)CCC1C2CCC2(C)CC(C)CC12. The lowest BCUT2D eigenvalue weighted by molar-refractivity contribution is 0.0598. The van der Waals surface area contributed by atoms with Crippen LogP contribution in [0.15, 0.2) is 18.2 Å². The van der Waals surface area contributed by atoms with Crippen molar-refractivity contribution in [3.63, 3.8) is 0 Å². The molecule has 1 heteroatoms. The van der Waals surface area contributed by atoms with Gasteiger partial charge in [0, 0.05) is 0 Å². The molecule has 3 aliphatic carbocycles. The number of hydrogen-bond acceptors (Lipinski definition) is 1. The summed E-state index contributed by atoms with van der Waals surface area (Å²) in [7, 11) is 1.78. The maximum Gasteiger partial charge on any atom is 0.119 e. The summed E-state index contributed by atoms with van der Waals surface area (Å²) in [5.41, 5.74) is 3.85. The van der Waals surface area contributed by atoms with Crippen molar-refractivity contribution in [2.75, 3.05) is 7.11 Å². The Morgan fingerprint density at radius 3 is 2.90 bits per heavy atom. The first-order valence-corrected chi connectivity index (χ1v) is 8.77. The molecule has 21 heavy (non-hydrogen) atoms. The van der Waals surface area contributed by atoms with Crippen LogP contribution in [0, 0.1) is 23.2 Å². The molecule has 1 aromatic rings. The molecule has 1 aromatic carbocycles. The van der Waals surface area contributed by atoms with Gasteiger partial charge in [0.05, 0.1) is 7.11 Å². The fourth-order valence-corrected chi connectivity index (χ4v) is 6.11. The molecule has 3 aliphatic rings. The summed E-state index contributed by atoms with van der Waals surface area (Å²) in [6.07, 6.45) is 8.45. The summed E-state index contributed by atoms with van der Waals surface area (Å²) in [6.45, 7) is 5.06. The minimum Gasteiger partial charge on any atom is -0.497 e. The van der Waals surface area contributed by atoms with Crippen molar-refractivity contribution in [1.29, 1.82) is 0 Å². The molecular formula is C20H28O. The average Bonchev–Trinajstić information content (AvgIpc) is 2.80. The van der Waals surface area contributed by atoms with Gasteiger partial charge in [-0.15, -0.1) is 0 Å². The molecule has 5 atom stereocenters. The fourth-order valence-electron chi connectivity index (χ4n) is 6.11. The lowest BCUT2D eigenvalue weighted by atomic mass is 9.56. The first-order chi connectivity index (χ1) is 10.1.